The van der Waals surface area contributed by atoms with Crippen LogP contribution in [-0.2, 0) is 11.3 Å². The second kappa shape index (κ2) is 6.46. The van der Waals surface area contributed by atoms with E-state index in [0.717, 1.165) is 12.2 Å². The molecule has 0 unspecified atom stereocenters. The second-order valence-corrected chi connectivity index (χ2v) is 6.01. The number of nitrogens with zero attached hydrogens (tertiary/aromatic N) is 2. The zero-order valence-corrected chi connectivity index (χ0v) is 13.1. The number of hydrogen-bond acceptors (Lipinski definition) is 3. The molecule has 110 valence electrons. The maximum absolute atomic E-state index is 11.8. The maximum atomic E-state index is 11.8. The molecule has 0 spiro atoms. The summed E-state index contributed by atoms with van der Waals surface area (Å²) in [5, 5.41) is 4.19. The fourth-order valence-corrected chi connectivity index (χ4v) is 2.18. The Morgan fingerprint density at radius 3 is 2.65 bits per heavy atom. The number of carbonyl (C=O) groups is 1. The summed E-state index contributed by atoms with van der Waals surface area (Å²) in [6.45, 7) is 1.17. The van der Waals surface area contributed by atoms with Crippen molar-refractivity contribution in [2.45, 2.75) is 25.4 Å². The third-order valence-electron chi connectivity index (χ3n) is 3.49. The normalized spacial score (nSPS) is 14.2. The van der Waals surface area contributed by atoms with E-state index in [0.29, 0.717) is 17.6 Å². The average molecular weight is 296 g/mol. The minimum absolute atomic E-state index is 0.0774. The number of nitrogens with one attached hydrogen (secondary N) is 1. The molecule has 0 atom stereocenters. The van der Waals surface area contributed by atoms with E-state index in [4.69, 9.17) is 11.6 Å². The molecule has 4 nitrogen and oxygen atoms in total. The first-order valence-electron chi connectivity index (χ1n) is 6.90. The van der Waals surface area contributed by atoms with Gasteiger partial charge in [0, 0.05) is 44.4 Å². The number of rotatable bonds is 6. The molecule has 0 radical (unpaired) electrons. The molecule has 0 heterocycles. The number of amides is 1. The highest BCUT2D eigenvalue weighted by atomic mass is 35.5. The lowest BCUT2D eigenvalue weighted by Gasteiger charge is -2.24. The van der Waals surface area contributed by atoms with Gasteiger partial charge < -0.3 is 15.1 Å². The van der Waals surface area contributed by atoms with Gasteiger partial charge in [-0.3, -0.25) is 4.79 Å². The van der Waals surface area contributed by atoms with Gasteiger partial charge in [0.2, 0.25) is 5.91 Å². The van der Waals surface area contributed by atoms with Crippen LogP contribution in [0.15, 0.2) is 18.2 Å². The highest BCUT2D eigenvalue weighted by Crippen LogP contribution is 2.26. The first-order valence-corrected chi connectivity index (χ1v) is 7.28. The van der Waals surface area contributed by atoms with Crippen molar-refractivity contribution in [2.24, 2.45) is 0 Å². The highest BCUT2D eigenvalue weighted by Gasteiger charge is 2.21. The van der Waals surface area contributed by atoms with Crippen molar-refractivity contribution in [1.82, 2.24) is 10.2 Å². The third kappa shape index (κ3) is 4.12. The first kappa shape index (κ1) is 15.1. The number of carbonyl (C=O) groups excluding carboxylic acids is 1. The lowest BCUT2D eigenvalue weighted by atomic mass is 10.1. The van der Waals surface area contributed by atoms with Crippen molar-refractivity contribution in [3.05, 3.63) is 28.8 Å². The van der Waals surface area contributed by atoms with Crippen molar-refractivity contribution in [2.75, 3.05) is 32.6 Å². The van der Waals surface area contributed by atoms with Crippen LogP contribution in [0.25, 0.3) is 0 Å². The van der Waals surface area contributed by atoms with E-state index in [1.165, 1.54) is 18.4 Å². The van der Waals surface area contributed by atoms with Gasteiger partial charge in [-0.1, -0.05) is 17.7 Å². The quantitative estimate of drug-likeness (QED) is 0.873. The Morgan fingerprint density at radius 2 is 2.05 bits per heavy atom. The molecule has 1 saturated carbocycles. The van der Waals surface area contributed by atoms with E-state index in [1.807, 2.05) is 30.1 Å². The Morgan fingerprint density at radius 1 is 1.35 bits per heavy atom. The van der Waals surface area contributed by atoms with Crippen molar-refractivity contribution in [1.29, 1.82) is 0 Å². The summed E-state index contributed by atoms with van der Waals surface area (Å²) in [6.07, 6.45) is 2.52. The Labute approximate surface area is 125 Å². The van der Waals surface area contributed by atoms with Crippen LogP contribution in [0.4, 0.5) is 5.69 Å². The van der Waals surface area contributed by atoms with Gasteiger partial charge in [-0.2, -0.15) is 0 Å². The molecule has 1 fully saturated rings. The highest BCUT2D eigenvalue weighted by molar-refractivity contribution is 6.30. The van der Waals surface area contributed by atoms with Gasteiger partial charge in [-0.15, -0.1) is 0 Å². The molecule has 1 N–H and O–H groups in total. The summed E-state index contributed by atoms with van der Waals surface area (Å²) in [6, 6.07) is 6.52. The van der Waals surface area contributed by atoms with Crippen molar-refractivity contribution >= 4 is 23.2 Å². The van der Waals surface area contributed by atoms with Gasteiger partial charge in [0.05, 0.1) is 6.54 Å². The van der Waals surface area contributed by atoms with Crippen LogP contribution in [0.2, 0.25) is 5.02 Å². The minimum Gasteiger partial charge on any atom is -0.365 e. The summed E-state index contributed by atoms with van der Waals surface area (Å²) in [4.78, 5) is 15.4. The molecule has 0 saturated heterocycles. The average Bonchev–Trinajstić information content (AvgIpc) is 3.21. The molecular weight excluding hydrogens is 274 g/mol. The Bertz CT molecular complexity index is 486. The zero-order chi connectivity index (χ0) is 14.7. The molecule has 20 heavy (non-hydrogen) atoms. The van der Waals surface area contributed by atoms with Gasteiger partial charge in [0.25, 0.3) is 0 Å². The molecule has 1 aromatic carbocycles. The van der Waals surface area contributed by atoms with E-state index < -0.39 is 0 Å². The van der Waals surface area contributed by atoms with Crippen LogP contribution in [0.1, 0.15) is 18.4 Å². The summed E-state index contributed by atoms with van der Waals surface area (Å²) in [7, 11) is 5.46. The standard InChI is InChI=1S/C15H22ClN3O/c1-18(2)15(20)10-19(3)14-8-12(16)5-4-11(14)9-17-13-6-7-13/h4-5,8,13,17H,6-7,9-10H2,1-3H3. The Kier molecular flexibility index (Phi) is 4.89. The molecule has 0 aliphatic heterocycles. The molecule has 5 heteroatoms. The summed E-state index contributed by atoms with van der Waals surface area (Å²) < 4.78 is 0. The number of likely N-dealkylation sites (N-methyl/N-ethyl adjacent to an activating group) is 2. The molecule has 0 aromatic heterocycles. The van der Waals surface area contributed by atoms with Gasteiger partial charge >= 0.3 is 0 Å². The van der Waals surface area contributed by atoms with Crippen LogP contribution < -0.4 is 10.2 Å². The van der Waals surface area contributed by atoms with Crippen LogP contribution in [0, 0.1) is 0 Å². The van der Waals surface area contributed by atoms with Crippen LogP contribution in [0.5, 0.6) is 0 Å². The SMILES string of the molecule is CN(C)C(=O)CN(C)c1cc(Cl)ccc1CNC1CC1. The number of benzene rings is 1. The molecule has 1 amide bonds. The first-order chi connectivity index (χ1) is 9.47. The number of halogens is 1. The van der Waals surface area contributed by atoms with Crippen molar-refractivity contribution in [3.8, 4) is 0 Å². The number of hydrogen-bond donors (Lipinski definition) is 1. The fraction of sp³-hybridized carbons (Fsp3) is 0.533. The summed E-state index contributed by atoms with van der Waals surface area (Å²) in [5.41, 5.74) is 2.19. The largest absolute Gasteiger partial charge is 0.365 e. The van der Waals surface area contributed by atoms with E-state index >= 15 is 0 Å². The molecule has 2 rings (SSSR count). The van der Waals surface area contributed by atoms with Crippen molar-refractivity contribution < 1.29 is 4.79 Å². The van der Waals surface area contributed by atoms with Crippen molar-refractivity contribution in [3.63, 3.8) is 0 Å². The smallest absolute Gasteiger partial charge is 0.241 e. The van der Waals surface area contributed by atoms with Gasteiger partial charge in [0.15, 0.2) is 0 Å². The van der Waals surface area contributed by atoms with Crippen LogP contribution in [-0.4, -0.2) is 44.5 Å². The van der Waals surface area contributed by atoms with Crippen LogP contribution in [0.3, 0.4) is 0 Å². The topological polar surface area (TPSA) is 35.6 Å². The monoisotopic (exact) mass is 295 g/mol. The van der Waals surface area contributed by atoms with E-state index in [1.54, 1.807) is 19.0 Å². The lowest BCUT2D eigenvalue weighted by Crippen LogP contribution is -2.35. The fourth-order valence-electron chi connectivity index (χ4n) is 2.01. The van der Waals surface area contributed by atoms with E-state index in [-0.39, 0.29) is 5.91 Å². The van der Waals surface area contributed by atoms with Gasteiger partial charge in [0.1, 0.15) is 0 Å². The predicted octanol–water partition coefficient (Wildman–Crippen LogP) is 2.12. The molecule has 0 bridgehead atoms. The Hall–Kier alpha value is -1.26. The summed E-state index contributed by atoms with van der Waals surface area (Å²) >= 11 is 6.09. The predicted molar refractivity (Wildman–Crippen MR) is 83.3 cm³/mol. The maximum Gasteiger partial charge on any atom is 0.241 e. The molecule has 1 aliphatic rings. The summed E-state index contributed by atoms with van der Waals surface area (Å²) in [5.74, 6) is 0.0774. The molecular formula is C15H22ClN3O. The van der Waals surface area contributed by atoms with Crippen LogP contribution >= 0.6 is 11.6 Å². The van der Waals surface area contributed by atoms with Gasteiger partial charge in [-0.05, 0) is 30.5 Å². The van der Waals surface area contributed by atoms with E-state index in [9.17, 15) is 4.79 Å². The third-order valence-corrected chi connectivity index (χ3v) is 3.72. The number of anilines is 1. The minimum atomic E-state index is 0.0774. The molecule has 1 aromatic rings. The lowest BCUT2D eigenvalue weighted by molar-refractivity contribution is -0.127. The van der Waals surface area contributed by atoms with E-state index in [2.05, 4.69) is 5.32 Å². The second-order valence-electron chi connectivity index (χ2n) is 5.57. The Balaban J connectivity index is 2.10. The molecule has 1 aliphatic carbocycles. The van der Waals surface area contributed by atoms with Gasteiger partial charge in [-0.25, -0.2) is 0 Å². The zero-order valence-electron chi connectivity index (χ0n) is 12.3.